The first-order valence-electron chi connectivity index (χ1n) is 6.31. The Balaban J connectivity index is 2.16. The molecule has 0 aliphatic carbocycles. The number of fused-ring (bicyclic) bond motifs is 1. The third-order valence-electron chi connectivity index (χ3n) is 3.13. The van der Waals surface area contributed by atoms with Crippen molar-refractivity contribution in [2.24, 2.45) is 5.73 Å². The lowest BCUT2D eigenvalue weighted by Crippen LogP contribution is -2.31. The molecule has 0 saturated carbocycles. The van der Waals surface area contributed by atoms with E-state index >= 15 is 0 Å². The number of thiazole rings is 1. The van der Waals surface area contributed by atoms with Crippen molar-refractivity contribution in [1.29, 1.82) is 0 Å². The van der Waals surface area contributed by atoms with Crippen LogP contribution in [0.15, 0.2) is 42.5 Å². The van der Waals surface area contributed by atoms with Crippen LogP contribution in [0, 0.1) is 6.92 Å². The monoisotopic (exact) mass is 299 g/mol. The minimum absolute atomic E-state index is 0.166. The molecule has 0 aliphatic rings. The number of benzene rings is 2. The van der Waals surface area contributed by atoms with Gasteiger partial charge in [-0.1, -0.05) is 29.5 Å². The minimum atomic E-state index is -0.590. The van der Waals surface area contributed by atoms with Gasteiger partial charge in [0, 0.05) is 0 Å². The molecule has 0 radical (unpaired) electrons. The highest BCUT2D eigenvalue weighted by molar-refractivity contribution is 7.22. The van der Waals surface area contributed by atoms with Crippen LogP contribution in [-0.2, 0) is 0 Å². The molecule has 0 unspecified atom stereocenters. The van der Waals surface area contributed by atoms with Crippen LogP contribution < -0.4 is 10.6 Å². The zero-order valence-corrected chi connectivity index (χ0v) is 12.1. The quantitative estimate of drug-likeness (QED) is 0.759. The van der Waals surface area contributed by atoms with Crippen LogP contribution in [-0.4, -0.2) is 16.1 Å². The maximum absolute atomic E-state index is 11.9. The van der Waals surface area contributed by atoms with E-state index in [0.29, 0.717) is 16.3 Å². The second-order valence-corrected chi connectivity index (χ2v) is 5.62. The topological polar surface area (TPSA) is 79.5 Å². The van der Waals surface area contributed by atoms with Gasteiger partial charge in [0.05, 0.1) is 15.9 Å². The predicted molar refractivity (Wildman–Crippen MR) is 84.2 cm³/mol. The molecule has 0 spiro atoms. The normalized spacial score (nSPS) is 10.7. The number of primary amides is 1. The zero-order valence-electron chi connectivity index (χ0n) is 11.3. The molecule has 0 bridgehead atoms. The molecule has 0 fully saturated rings. The fraction of sp³-hybridized carbons (Fsp3) is 0.0667. The van der Waals surface area contributed by atoms with E-state index in [1.165, 1.54) is 16.2 Å². The first-order chi connectivity index (χ1) is 10.1. The number of nitrogens with zero attached hydrogens (tertiary/aromatic N) is 2. The summed E-state index contributed by atoms with van der Waals surface area (Å²) in [5.41, 5.74) is 7.87. The molecular formula is C15H13N3O2S. The molecule has 2 amide bonds. The number of aryl methyl sites for hydroxylation is 1. The highest BCUT2D eigenvalue weighted by atomic mass is 32.1. The van der Waals surface area contributed by atoms with Gasteiger partial charge in [-0.3, -0.25) is 0 Å². The van der Waals surface area contributed by atoms with Gasteiger partial charge in [0.25, 0.3) is 0 Å². The largest absolute Gasteiger partial charge is 0.508 e. The van der Waals surface area contributed by atoms with Gasteiger partial charge >= 0.3 is 6.03 Å². The number of aromatic hydroxyl groups is 1. The Kier molecular flexibility index (Phi) is 3.23. The van der Waals surface area contributed by atoms with Gasteiger partial charge in [-0.15, -0.1) is 0 Å². The summed E-state index contributed by atoms with van der Waals surface area (Å²) >= 11 is 1.31. The molecule has 0 aliphatic heterocycles. The Morgan fingerprint density at radius 3 is 2.76 bits per heavy atom. The van der Waals surface area contributed by atoms with Gasteiger partial charge < -0.3 is 10.8 Å². The number of nitrogens with two attached hydrogens (primary N) is 1. The molecule has 3 N–H and O–H groups in total. The molecule has 3 aromatic rings. The van der Waals surface area contributed by atoms with Crippen LogP contribution in [0.3, 0.4) is 0 Å². The van der Waals surface area contributed by atoms with Crippen molar-refractivity contribution in [1.82, 2.24) is 4.98 Å². The fourth-order valence-corrected chi connectivity index (χ4v) is 3.15. The van der Waals surface area contributed by atoms with Gasteiger partial charge in [0.15, 0.2) is 5.13 Å². The van der Waals surface area contributed by atoms with Gasteiger partial charge in [-0.05, 0) is 36.8 Å². The lowest BCUT2D eigenvalue weighted by atomic mass is 10.2. The summed E-state index contributed by atoms with van der Waals surface area (Å²) in [7, 11) is 0. The lowest BCUT2D eigenvalue weighted by molar-refractivity contribution is 0.256. The number of phenols is 1. The van der Waals surface area contributed by atoms with Crippen molar-refractivity contribution in [3.8, 4) is 5.75 Å². The number of phenolic OH excluding ortho intramolecular Hbond substituents is 1. The van der Waals surface area contributed by atoms with Gasteiger partial charge in [-0.2, -0.15) is 0 Å². The smallest absolute Gasteiger partial charge is 0.325 e. The number of carbonyl (C=O) groups is 1. The van der Waals surface area contributed by atoms with Gasteiger partial charge in [0.2, 0.25) is 0 Å². The lowest BCUT2D eigenvalue weighted by Gasteiger charge is -2.19. The van der Waals surface area contributed by atoms with Crippen LogP contribution in [0.4, 0.5) is 15.6 Å². The summed E-state index contributed by atoms with van der Waals surface area (Å²) in [4.78, 5) is 17.7. The van der Waals surface area contributed by atoms with E-state index < -0.39 is 6.03 Å². The average Bonchev–Trinajstić information content (AvgIpc) is 2.83. The van der Waals surface area contributed by atoms with Crippen LogP contribution in [0.25, 0.3) is 10.2 Å². The van der Waals surface area contributed by atoms with Crippen molar-refractivity contribution >= 4 is 38.4 Å². The number of para-hydroxylation sites is 1. The number of urea groups is 1. The number of hydrogen-bond acceptors (Lipinski definition) is 4. The first kappa shape index (κ1) is 13.4. The molecular weight excluding hydrogens is 286 g/mol. The molecule has 2 aromatic carbocycles. The SMILES string of the molecule is Cc1ccccc1N(C(N)=O)c1nc2ccc(O)cc2s1. The molecule has 0 saturated heterocycles. The van der Waals surface area contributed by atoms with Crippen molar-refractivity contribution in [3.63, 3.8) is 0 Å². The summed E-state index contributed by atoms with van der Waals surface area (Å²) < 4.78 is 0.796. The maximum Gasteiger partial charge on any atom is 0.325 e. The maximum atomic E-state index is 11.9. The molecule has 5 nitrogen and oxygen atoms in total. The van der Waals surface area contributed by atoms with E-state index in [4.69, 9.17) is 5.73 Å². The molecule has 3 rings (SSSR count). The number of amides is 2. The summed E-state index contributed by atoms with van der Waals surface area (Å²) in [6.45, 7) is 1.91. The Hall–Kier alpha value is -2.60. The summed E-state index contributed by atoms with van der Waals surface area (Å²) in [5.74, 6) is 0.166. The number of carbonyl (C=O) groups excluding carboxylic acids is 1. The Morgan fingerprint density at radius 1 is 1.29 bits per heavy atom. The molecule has 21 heavy (non-hydrogen) atoms. The second kappa shape index (κ2) is 5.06. The number of hydrogen-bond donors (Lipinski definition) is 2. The van der Waals surface area contributed by atoms with Crippen molar-refractivity contribution in [2.45, 2.75) is 6.92 Å². The number of anilines is 2. The molecule has 6 heteroatoms. The van der Waals surface area contributed by atoms with Gasteiger partial charge in [-0.25, -0.2) is 14.7 Å². The van der Waals surface area contributed by atoms with E-state index in [0.717, 1.165) is 10.3 Å². The van der Waals surface area contributed by atoms with E-state index in [1.807, 2.05) is 31.2 Å². The van der Waals surface area contributed by atoms with Crippen LogP contribution in [0.5, 0.6) is 5.75 Å². The summed E-state index contributed by atoms with van der Waals surface area (Å²) in [6.07, 6.45) is 0. The standard InChI is InChI=1S/C15H13N3O2S/c1-9-4-2-3-5-12(9)18(14(16)20)15-17-11-7-6-10(19)8-13(11)21-15/h2-8,19H,1H3,(H2,16,20). The Morgan fingerprint density at radius 2 is 2.05 bits per heavy atom. The molecule has 106 valence electrons. The van der Waals surface area contributed by atoms with E-state index in [-0.39, 0.29) is 5.75 Å². The van der Waals surface area contributed by atoms with Crippen LogP contribution >= 0.6 is 11.3 Å². The van der Waals surface area contributed by atoms with Crippen molar-refractivity contribution in [3.05, 3.63) is 48.0 Å². The summed E-state index contributed by atoms with van der Waals surface area (Å²) in [5, 5.41) is 10.0. The number of aromatic nitrogens is 1. The fourth-order valence-electron chi connectivity index (χ4n) is 2.13. The van der Waals surface area contributed by atoms with Crippen molar-refractivity contribution in [2.75, 3.05) is 4.90 Å². The minimum Gasteiger partial charge on any atom is -0.508 e. The third kappa shape index (κ3) is 2.41. The van der Waals surface area contributed by atoms with Gasteiger partial charge in [0.1, 0.15) is 5.75 Å². The highest BCUT2D eigenvalue weighted by Gasteiger charge is 2.20. The molecule has 1 heterocycles. The van der Waals surface area contributed by atoms with Crippen LogP contribution in [0.2, 0.25) is 0 Å². The average molecular weight is 299 g/mol. The number of rotatable bonds is 2. The molecule has 0 atom stereocenters. The third-order valence-corrected chi connectivity index (χ3v) is 4.13. The predicted octanol–water partition coefficient (Wildman–Crippen LogP) is 3.53. The second-order valence-electron chi connectivity index (χ2n) is 4.61. The van der Waals surface area contributed by atoms with Crippen molar-refractivity contribution < 1.29 is 9.90 Å². The van der Waals surface area contributed by atoms with E-state index in [9.17, 15) is 9.90 Å². The van der Waals surface area contributed by atoms with Crippen LogP contribution in [0.1, 0.15) is 5.56 Å². The van der Waals surface area contributed by atoms with E-state index in [1.54, 1.807) is 18.2 Å². The Labute approximate surface area is 125 Å². The first-order valence-corrected chi connectivity index (χ1v) is 7.12. The molecule has 1 aromatic heterocycles. The highest BCUT2D eigenvalue weighted by Crippen LogP contribution is 2.35. The summed E-state index contributed by atoms with van der Waals surface area (Å²) in [6, 6.07) is 11.8. The van der Waals surface area contributed by atoms with E-state index in [2.05, 4.69) is 4.98 Å². The zero-order chi connectivity index (χ0) is 15.0. The Bertz CT molecular complexity index is 829.